The van der Waals surface area contributed by atoms with Gasteiger partial charge in [0.05, 0.1) is 11.8 Å². The van der Waals surface area contributed by atoms with E-state index in [9.17, 15) is 4.79 Å². The van der Waals surface area contributed by atoms with Gasteiger partial charge in [-0.15, -0.1) is 0 Å². The molecule has 1 aromatic carbocycles. The lowest BCUT2D eigenvalue weighted by atomic mass is 10.0. The Morgan fingerprint density at radius 2 is 2.11 bits per heavy atom. The van der Waals surface area contributed by atoms with E-state index in [1.807, 2.05) is 31.2 Å². The van der Waals surface area contributed by atoms with Crippen LogP contribution in [0.5, 0.6) is 0 Å². The molecular weight excluding hydrogens is 228 g/mol. The Bertz CT molecular complexity index is 737. The van der Waals surface area contributed by atoms with Crippen molar-refractivity contribution in [2.24, 2.45) is 0 Å². The van der Waals surface area contributed by atoms with Crippen LogP contribution < -0.4 is 0 Å². The van der Waals surface area contributed by atoms with Crippen molar-refractivity contribution in [2.75, 3.05) is 0 Å². The van der Waals surface area contributed by atoms with E-state index in [4.69, 9.17) is 4.52 Å². The first-order valence-electron chi connectivity index (χ1n) is 5.72. The molecule has 0 amide bonds. The SMILES string of the molecule is CC(=O)c1cnoc1-c1c(C)[nH]c2ccccc12. The maximum Gasteiger partial charge on any atom is 0.180 e. The molecule has 1 N–H and O–H groups in total. The highest BCUT2D eigenvalue weighted by atomic mass is 16.5. The van der Waals surface area contributed by atoms with Gasteiger partial charge in [-0.05, 0) is 19.9 Å². The molecule has 4 heteroatoms. The van der Waals surface area contributed by atoms with Crippen LogP contribution in [0.4, 0.5) is 0 Å². The Hall–Kier alpha value is -2.36. The Balaban J connectivity index is 2.34. The van der Waals surface area contributed by atoms with Gasteiger partial charge in [-0.25, -0.2) is 0 Å². The number of fused-ring (bicyclic) bond motifs is 1. The minimum Gasteiger partial charge on any atom is -0.358 e. The van der Waals surface area contributed by atoms with Gasteiger partial charge >= 0.3 is 0 Å². The lowest BCUT2D eigenvalue weighted by Crippen LogP contribution is -1.92. The lowest BCUT2D eigenvalue weighted by molar-refractivity contribution is 0.101. The molecule has 0 aliphatic rings. The molecule has 0 saturated carbocycles. The third-order valence-electron chi connectivity index (χ3n) is 3.07. The number of aromatic nitrogens is 2. The maximum atomic E-state index is 11.6. The second-order valence-electron chi connectivity index (χ2n) is 4.30. The highest BCUT2D eigenvalue weighted by Crippen LogP contribution is 2.34. The van der Waals surface area contributed by atoms with E-state index in [1.54, 1.807) is 0 Å². The fraction of sp³-hybridized carbons (Fsp3) is 0.143. The van der Waals surface area contributed by atoms with Crippen LogP contribution >= 0.6 is 0 Å². The zero-order valence-corrected chi connectivity index (χ0v) is 10.2. The number of H-pyrrole nitrogens is 1. The predicted octanol–water partition coefficient (Wildman–Crippen LogP) is 3.33. The smallest absolute Gasteiger partial charge is 0.180 e. The van der Waals surface area contributed by atoms with Crippen LogP contribution in [-0.4, -0.2) is 15.9 Å². The Morgan fingerprint density at radius 1 is 1.33 bits per heavy atom. The topological polar surface area (TPSA) is 58.9 Å². The monoisotopic (exact) mass is 240 g/mol. The van der Waals surface area contributed by atoms with Crippen LogP contribution in [0, 0.1) is 6.92 Å². The Morgan fingerprint density at radius 3 is 2.89 bits per heavy atom. The molecule has 90 valence electrons. The molecule has 2 heterocycles. The van der Waals surface area contributed by atoms with Crippen molar-refractivity contribution >= 4 is 16.7 Å². The van der Waals surface area contributed by atoms with E-state index in [0.717, 1.165) is 22.2 Å². The highest BCUT2D eigenvalue weighted by molar-refractivity contribution is 6.04. The molecule has 0 atom stereocenters. The summed E-state index contributed by atoms with van der Waals surface area (Å²) in [5.41, 5.74) is 3.42. The molecule has 4 nitrogen and oxygen atoms in total. The zero-order valence-electron chi connectivity index (χ0n) is 10.2. The fourth-order valence-electron chi connectivity index (χ4n) is 2.24. The highest BCUT2D eigenvalue weighted by Gasteiger charge is 2.20. The summed E-state index contributed by atoms with van der Waals surface area (Å²) in [5, 5.41) is 4.77. The van der Waals surface area contributed by atoms with Gasteiger partial charge in [0.15, 0.2) is 11.5 Å². The molecule has 0 fully saturated rings. The molecule has 0 unspecified atom stereocenters. The summed E-state index contributed by atoms with van der Waals surface area (Å²) in [7, 11) is 0. The molecule has 0 saturated heterocycles. The second-order valence-corrected chi connectivity index (χ2v) is 4.30. The lowest BCUT2D eigenvalue weighted by Gasteiger charge is -1.98. The van der Waals surface area contributed by atoms with Crippen molar-refractivity contribution in [1.29, 1.82) is 0 Å². The molecule has 18 heavy (non-hydrogen) atoms. The van der Waals surface area contributed by atoms with E-state index < -0.39 is 0 Å². The molecule has 3 aromatic rings. The van der Waals surface area contributed by atoms with Gasteiger partial charge in [-0.2, -0.15) is 0 Å². The summed E-state index contributed by atoms with van der Waals surface area (Å²) in [4.78, 5) is 14.8. The second kappa shape index (κ2) is 3.84. The maximum absolute atomic E-state index is 11.6. The standard InChI is InChI=1S/C14H12N2O2/c1-8-13(10-5-3-4-6-12(10)16-8)14-11(9(2)17)7-15-18-14/h3-7,16H,1-2H3. The summed E-state index contributed by atoms with van der Waals surface area (Å²) < 4.78 is 5.27. The largest absolute Gasteiger partial charge is 0.358 e. The number of hydrogen-bond acceptors (Lipinski definition) is 3. The van der Waals surface area contributed by atoms with Gasteiger partial charge < -0.3 is 9.51 Å². The van der Waals surface area contributed by atoms with Gasteiger partial charge in [-0.3, -0.25) is 4.79 Å². The van der Waals surface area contributed by atoms with Gasteiger partial charge in [0.2, 0.25) is 0 Å². The predicted molar refractivity (Wildman–Crippen MR) is 68.5 cm³/mol. The Kier molecular flexibility index (Phi) is 2.30. The van der Waals surface area contributed by atoms with Gasteiger partial charge in [0, 0.05) is 22.2 Å². The van der Waals surface area contributed by atoms with Crippen LogP contribution in [0.3, 0.4) is 0 Å². The number of nitrogens with zero attached hydrogens (tertiary/aromatic N) is 1. The van der Waals surface area contributed by atoms with E-state index in [-0.39, 0.29) is 5.78 Å². The van der Waals surface area contributed by atoms with Crippen LogP contribution in [0.1, 0.15) is 23.0 Å². The number of Topliss-reactive ketones (excluding diaryl/α,β-unsaturated/α-hetero) is 1. The molecule has 0 aliphatic carbocycles. The summed E-state index contributed by atoms with van der Waals surface area (Å²) in [6.07, 6.45) is 1.47. The number of carbonyl (C=O) groups is 1. The number of hydrogen-bond donors (Lipinski definition) is 1. The zero-order chi connectivity index (χ0) is 12.7. The van der Waals surface area contributed by atoms with E-state index in [2.05, 4.69) is 10.1 Å². The molecule has 0 spiro atoms. The van der Waals surface area contributed by atoms with Gasteiger partial charge in [0.25, 0.3) is 0 Å². The van der Waals surface area contributed by atoms with Crippen molar-refractivity contribution in [2.45, 2.75) is 13.8 Å². The van der Waals surface area contributed by atoms with Crippen LogP contribution in [0.2, 0.25) is 0 Å². The number of ketones is 1. The molecule has 3 rings (SSSR count). The quantitative estimate of drug-likeness (QED) is 0.699. The van der Waals surface area contributed by atoms with Crippen molar-refractivity contribution < 1.29 is 9.32 Å². The first-order chi connectivity index (χ1) is 8.68. The van der Waals surface area contributed by atoms with Crippen LogP contribution in [0.25, 0.3) is 22.2 Å². The Labute approximate surface area is 104 Å². The normalized spacial score (nSPS) is 11.0. The first kappa shape index (κ1) is 10.8. The average Bonchev–Trinajstić information content (AvgIpc) is 2.91. The third kappa shape index (κ3) is 1.46. The van der Waals surface area contributed by atoms with E-state index in [0.29, 0.717) is 11.3 Å². The van der Waals surface area contributed by atoms with Crippen molar-refractivity contribution in [3.63, 3.8) is 0 Å². The van der Waals surface area contributed by atoms with Crippen LogP contribution in [-0.2, 0) is 0 Å². The minimum atomic E-state index is -0.0454. The summed E-state index contributed by atoms with van der Waals surface area (Å²) in [6, 6.07) is 7.92. The number of aryl methyl sites for hydroxylation is 1. The minimum absolute atomic E-state index is 0.0454. The van der Waals surface area contributed by atoms with E-state index >= 15 is 0 Å². The number of para-hydroxylation sites is 1. The number of aromatic amines is 1. The van der Waals surface area contributed by atoms with E-state index in [1.165, 1.54) is 13.1 Å². The molecule has 0 aliphatic heterocycles. The molecule has 0 bridgehead atoms. The van der Waals surface area contributed by atoms with Crippen molar-refractivity contribution in [1.82, 2.24) is 10.1 Å². The van der Waals surface area contributed by atoms with Crippen LogP contribution in [0.15, 0.2) is 35.0 Å². The van der Waals surface area contributed by atoms with Gasteiger partial charge in [0.1, 0.15) is 0 Å². The number of nitrogens with one attached hydrogen (secondary N) is 1. The number of rotatable bonds is 2. The van der Waals surface area contributed by atoms with Crippen molar-refractivity contribution in [3.05, 3.63) is 41.7 Å². The third-order valence-corrected chi connectivity index (χ3v) is 3.07. The number of carbonyl (C=O) groups excluding carboxylic acids is 1. The molecule has 0 radical (unpaired) electrons. The first-order valence-corrected chi connectivity index (χ1v) is 5.72. The molecule has 2 aromatic heterocycles. The van der Waals surface area contributed by atoms with Crippen molar-refractivity contribution in [3.8, 4) is 11.3 Å². The van der Waals surface area contributed by atoms with Gasteiger partial charge in [-0.1, -0.05) is 23.4 Å². The molecular formula is C14H12N2O2. The number of benzene rings is 1. The summed E-state index contributed by atoms with van der Waals surface area (Å²) in [6.45, 7) is 3.47. The summed E-state index contributed by atoms with van der Waals surface area (Å²) >= 11 is 0. The fourth-order valence-corrected chi connectivity index (χ4v) is 2.24. The average molecular weight is 240 g/mol. The summed E-state index contributed by atoms with van der Waals surface area (Å²) in [5.74, 6) is 0.494.